The number of rotatable bonds is 8. The number of hydrogen-bond donors (Lipinski definition) is 3. The van der Waals surface area contributed by atoms with E-state index in [-0.39, 0.29) is 18.4 Å². The average Bonchev–Trinajstić information content (AvgIpc) is 2.78. The van der Waals surface area contributed by atoms with Gasteiger partial charge >= 0.3 is 12.0 Å². The molecule has 0 saturated heterocycles. The molecule has 0 aromatic carbocycles. The number of nitrogens with zero attached hydrogens (tertiary/aromatic N) is 1. The summed E-state index contributed by atoms with van der Waals surface area (Å²) in [6.07, 6.45) is 0.849. The number of aliphatic carboxylic acids is 1. The van der Waals surface area contributed by atoms with Crippen molar-refractivity contribution in [2.45, 2.75) is 40.2 Å². The molecule has 1 atom stereocenters. The zero-order chi connectivity index (χ0) is 15.8. The number of aryl methyl sites for hydroxylation is 1. The van der Waals surface area contributed by atoms with Crippen LogP contribution in [0.5, 0.6) is 0 Å². The second kappa shape index (κ2) is 8.61. The minimum Gasteiger partial charge on any atom is -0.481 e. The number of amides is 2. The maximum absolute atomic E-state index is 11.7. The Labute approximate surface area is 129 Å². The summed E-state index contributed by atoms with van der Waals surface area (Å²) in [5.74, 6) is -0.479. The number of aromatic nitrogens is 1. The second-order valence-corrected chi connectivity index (χ2v) is 6.58. The average molecular weight is 313 g/mol. The molecular formula is C14H23N3O3S. The SMILES string of the molecule is Cc1nc(CNC(=O)NCC(CC(=O)O)CC(C)C)cs1. The summed E-state index contributed by atoms with van der Waals surface area (Å²) in [6, 6.07) is -0.292. The van der Waals surface area contributed by atoms with Crippen molar-refractivity contribution in [3.63, 3.8) is 0 Å². The number of thiazole rings is 1. The van der Waals surface area contributed by atoms with Crippen LogP contribution in [0.15, 0.2) is 5.38 Å². The van der Waals surface area contributed by atoms with E-state index in [2.05, 4.69) is 15.6 Å². The van der Waals surface area contributed by atoms with E-state index in [1.54, 1.807) is 0 Å². The van der Waals surface area contributed by atoms with Gasteiger partial charge in [0, 0.05) is 18.3 Å². The van der Waals surface area contributed by atoms with Crippen molar-refractivity contribution in [2.75, 3.05) is 6.54 Å². The third-order valence-electron chi connectivity index (χ3n) is 2.92. The van der Waals surface area contributed by atoms with Crippen molar-refractivity contribution in [2.24, 2.45) is 11.8 Å². The van der Waals surface area contributed by atoms with E-state index in [1.807, 2.05) is 26.2 Å². The Hall–Kier alpha value is -1.63. The van der Waals surface area contributed by atoms with Crippen LogP contribution in [0.25, 0.3) is 0 Å². The molecule has 0 bridgehead atoms. The Balaban J connectivity index is 2.33. The Morgan fingerprint density at radius 3 is 2.62 bits per heavy atom. The largest absolute Gasteiger partial charge is 0.481 e. The van der Waals surface area contributed by atoms with Gasteiger partial charge in [0.25, 0.3) is 0 Å². The highest BCUT2D eigenvalue weighted by Crippen LogP contribution is 2.14. The fourth-order valence-corrected chi connectivity index (χ4v) is 2.72. The van der Waals surface area contributed by atoms with Gasteiger partial charge in [0.05, 0.1) is 17.2 Å². The minimum absolute atomic E-state index is 0.0465. The van der Waals surface area contributed by atoms with Crippen LogP contribution in [0.2, 0.25) is 0 Å². The minimum atomic E-state index is -0.833. The second-order valence-electron chi connectivity index (χ2n) is 5.51. The molecule has 0 aliphatic rings. The van der Waals surface area contributed by atoms with Gasteiger partial charge in [-0.1, -0.05) is 13.8 Å². The van der Waals surface area contributed by atoms with Crippen LogP contribution in [-0.4, -0.2) is 28.6 Å². The van der Waals surface area contributed by atoms with Gasteiger partial charge in [-0.3, -0.25) is 4.79 Å². The van der Waals surface area contributed by atoms with Gasteiger partial charge < -0.3 is 15.7 Å². The molecule has 3 N–H and O–H groups in total. The fraction of sp³-hybridized carbons (Fsp3) is 0.643. The van der Waals surface area contributed by atoms with E-state index >= 15 is 0 Å². The first-order valence-corrected chi connectivity index (χ1v) is 7.89. The maximum atomic E-state index is 11.7. The van der Waals surface area contributed by atoms with Gasteiger partial charge in [-0.15, -0.1) is 11.3 Å². The van der Waals surface area contributed by atoms with Gasteiger partial charge in [0.1, 0.15) is 0 Å². The van der Waals surface area contributed by atoms with Crippen molar-refractivity contribution in [3.05, 3.63) is 16.1 Å². The van der Waals surface area contributed by atoms with E-state index in [9.17, 15) is 9.59 Å². The molecule has 0 aliphatic carbocycles. The fourth-order valence-electron chi connectivity index (χ4n) is 2.11. The third-order valence-corrected chi connectivity index (χ3v) is 3.74. The summed E-state index contributed by atoms with van der Waals surface area (Å²) in [5, 5.41) is 17.2. The van der Waals surface area contributed by atoms with Gasteiger partial charge in [0.15, 0.2) is 0 Å². The van der Waals surface area contributed by atoms with E-state index in [0.717, 1.165) is 17.1 Å². The Morgan fingerprint density at radius 2 is 2.10 bits per heavy atom. The standard InChI is InChI=1S/C14H23N3O3S/c1-9(2)4-11(5-13(18)19)6-15-14(20)16-7-12-8-21-10(3)17-12/h8-9,11H,4-7H2,1-3H3,(H,18,19)(H2,15,16,20). The van der Waals surface area contributed by atoms with E-state index < -0.39 is 5.97 Å². The molecular weight excluding hydrogens is 290 g/mol. The topological polar surface area (TPSA) is 91.3 Å². The van der Waals surface area contributed by atoms with Gasteiger partial charge in [0.2, 0.25) is 0 Å². The highest BCUT2D eigenvalue weighted by Gasteiger charge is 2.16. The van der Waals surface area contributed by atoms with Gasteiger partial charge in [-0.2, -0.15) is 0 Å². The van der Waals surface area contributed by atoms with Crippen molar-refractivity contribution < 1.29 is 14.7 Å². The van der Waals surface area contributed by atoms with Crippen molar-refractivity contribution in [3.8, 4) is 0 Å². The smallest absolute Gasteiger partial charge is 0.315 e. The summed E-state index contributed by atoms with van der Waals surface area (Å²) in [6.45, 7) is 6.74. The first-order chi connectivity index (χ1) is 9.86. The Bertz CT molecular complexity index is 474. The number of carbonyl (C=O) groups is 2. The molecule has 118 valence electrons. The predicted octanol–water partition coefficient (Wildman–Crippen LogP) is 2.39. The van der Waals surface area contributed by atoms with Crippen LogP contribution in [0.4, 0.5) is 4.79 Å². The summed E-state index contributed by atoms with van der Waals surface area (Å²) >= 11 is 1.54. The van der Waals surface area contributed by atoms with Crippen LogP contribution in [-0.2, 0) is 11.3 Å². The quantitative estimate of drug-likeness (QED) is 0.687. The molecule has 0 fully saturated rings. The Morgan fingerprint density at radius 1 is 1.38 bits per heavy atom. The molecule has 21 heavy (non-hydrogen) atoms. The number of urea groups is 1. The molecule has 1 heterocycles. The lowest BCUT2D eigenvalue weighted by Crippen LogP contribution is -2.38. The first-order valence-electron chi connectivity index (χ1n) is 7.01. The summed E-state index contributed by atoms with van der Waals surface area (Å²) in [7, 11) is 0. The number of carbonyl (C=O) groups excluding carboxylic acids is 1. The molecule has 1 aromatic rings. The highest BCUT2D eigenvalue weighted by molar-refractivity contribution is 7.09. The molecule has 1 unspecified atom stereocenters. The van der Waals surface area contributed by atoms with Gasteiger partial charge in [-0.25, -0.2) is 9.78 Å². The van der Waals surface area contributed by atoms with Crippen LogP contribution < -0.4 is 10.6 Å². The monoisotopic (exact) mass is 313 g/mol. The predicted molar refractivity (Wildman–Crippen MR) is 82.3 cm³/mol. The van der Waals surface area contributed by atoms with E-state index in [0.29, 0.717) is 19.0 Å². The molecule has 2 amide bonds. The lowest BCUT2D eigenvalue weighted by atomic mass is 9.94. The molecule has 6 nitrogen and oxygen atoms in total. The number of carboxylic acid groups (broad SMARTS) is 1. The normalized spacial score (nSPS) is 12.2. The molecule has 0 saturated carbocycles. The maximum Gasteiger partial charge on any atom is 0.315 e. The van der Waals surface area contributed by atoms with Gasteiger partial charge in [-0.05, 0) is 25.2 Å². The van der Waals surface area contributed by atoms with Crippen LogP contribution >= 0.6 is 11.3 Å². The first kappa shape index (κ1) is 17.4. The zero-order valence-electron chi connectivity index (χ0n) is 12.7. The highest BCUT2D eigenvalue weighted by atomic mass is 32.1. The van der Waals surface area contributed by atoms with Crippen molar-refractivity contribution >= 4 is 23.3 Å². The molecule has 1 aromatic heterocycles. The zero-order valence-corrected chi connectivity index (χ0v) is 13.5. The Kier molecular flexibility index (Phi) is 7.14. The summed E-state index contributed by atoms with van der Waals surface area (Å²) in [5.41, 5.74) is 0.830. The molecule has 0 radical (unpaired) electrons. The lowest BCUT2D eigenvalue weighted by Gasteiger charge is -2.17. The van der Waals surface area contributed by atoms with Crippen LogP contribution in [0, 0.1) is 18.8 Å². The molecule has 0 aliphatic heterocycles. The van der Waals surface area contributed by atoms with Crippen molar-refractivity contribution in [1.82, 2.24) is 15.6 Å². The summed E-state index contributed by atoms with van der Waals surface area (Å²) < 4.78 is 0. The third kappa shape index (κ3) is 7.65. The molecule has 1 rings (SSSR count). The van der Waals surface area contributed by atoms with E-state index in [1.165, 1.54) is 11.3 Å². The number of nitrogens with one attached hydrogen (secondary N) is 2. The molecule has 7 heteroatoms. The number of hydrogen-bond acceptors (Lipinski definition) is 4. The number of carboxylic acids is 1. The molecule has 0 spiro atoms. The lowest BCUT2D eigenvalue weighted by molar-refractivity contribution is -0.138. The van der Waals surface area contributed by atoms with E-state index in [4.69, 9.17) is 5.11 Å². The van der Waals surface area contributed by atoms with Crippen LogP contribution in [0.1, 0.15) is 37.4 Å². The van der Waals surface area contributed by atoms with Crippen molar-refractivity contribution in [1.29, 1.82) is 0 Å². The summed E-state index contributed by atoms with van der Waals surface area (Å²) in [4.78, 5) is 26.8. The van der Waals surface area contributed by atoms with Crippen LogP contribution in [0.3, 0.4) is 0 Å².